The third-order valence-electron chi connectivity index (χ3n) is 8.48. The largest absolute Gasteiger partial charge is 1.00 e. The molecule has 7 nitrogen and oxygen atoms in total. The molecule has 5 rings (SSSR count). The van der Waals surface area contributed by atoms with Gasteiger partial charge in [0.25, 0.3) is 0 Å². The molecule has 0 radical (unpaired) electrons. The molecule has 43 heavy (non-hydrogen) atoms. The Morgan fingerprint density at radius 3 is 2.63 bits per heavy atom. The minimum Gasteiger partial charge on any atom is -1.00 e. The maximum atomic E-state index is 12.6. The van der Waals surface area contributed by atoms with E-state index in [-0.39, 0.29) is 23.9 Å². The molecule has 2 aromatic carbocycles. The van der Waals surface area contributed by atoms with Gasteiger partial charge in [-0.15, -0.1) is 11.3 Å². The second kappa shape index (κ2) is 16.1. The van der Waals surface area contributed by atoms with Gasteiger partial charge in [-0.1, -0.05) is 38.7 Å². The Hall–Kier alpha value is -3.07. The lowest BCUT2D eigenvalue weighted by Gasteiger charge is -2.45. The van der Waals surface area contributed by atoms with Crippen molar-refractivity contribution in [2.24, 2.45) is 0 Å². The van der Waals surface area contributed by atoms with E-state index in [0.29, 0.717) is 19.8 Å². The van der Waals surface area contributed by atoms with E-state index in [0.717, 1.165) is 79.5 Å². The van der Waals surface area contributed by atoms with Crippen LogP contribution in [0.3, 0.4) is 0 Å². The number of thiophene rings is 1. The summed E-state index contributed by atoms with van der Waals surface area (Å²) in [6.45, 7) is 7.98. The van der Waals surface area contributed by atoms with E-state index in [1.54, 1.807) is 11.3 Å². The number of aromatic nitrogens is 1. The number of nitrogens with one attached hydrogen (secondary N) is 1. The molecule has 0 atom stereocenters. The summed E-state index contributed by atoms with van der Waals surface area (Å²) in [6, 6.07) is 18.0. The third-order valence-corrected chi connectivity index (χ3v) is 9.36. The van der Waals surface area contributed by atoms with Gasteiger partial charge >= 0.3 is 5.97 Å². The third kappa shape index (κ3) is 8.97. The highest BCUT2D eigenvalue weighted by Gasteiger charge is 2.34. The van der Waals surface area contributed by atoms with Crippen LogP contribution in [0.5, 0.6) is 5.75 Å². The molecule has 0 spiro atoms. The van der Waals surface area contributed by atoms with Gasteiger partial charge in [-0.3, -0.25) is 14.1 Å². The van der Waals surface area contributed by atoms with Crippen molar-refractivity contribution in [2.45, 2.75) is 58.3 Å². The number of rotatable bonds is 15. The fraction of sp³-hybridized carbons (Fsp3) is 0.471. The molecule has 1 aliphatic rings. The van der Waals surface area contributed by atoms with Crippen molar-refractivity contribution in [3.63, 3.8) is 0 Å². The first-order valence-corrected chi connectivity index (χ1v) is 16.4. The highest BCUT2D eigenvalue weighted by molar-refractivity contribution is 7.17. The Morgan fingerprint density at radius 1 is 0.977 bits per heavy atom. The number of carbonyl (C=O) groups excluding carboxylic acids is 1. The summed E-state index contributed by atoms with van der Waals surface area (Å²) in [7, 11) is 0. The van der Waals surface area contributed by atoms with E-state index in [2.05, 4.69) is 46.5 Å². The monoisotopic (exact) mass is 625 g/mol. The van der Waals surface area contributed by atoms with Gasteiger partial charge in [-0.25, -0.2) is 0 Å². The number of hydrogen-bond acceptors (Lipinski definition) is 6. The number of H-pyrrole nitrogens is 1. The van der Waals surface area contributed by atoms with E-state index in [1.807, 2.05) is 24.3 Å². The van der Waals surface area contributed by atoms with Gasteiger partial charge in [-0.05, 0) is 66.4 Å². The number of halogens is 1. The Kier molecular flexibility index (Phi) is 12.3. The fourth-order valence-electron chi connectivity index (χ4n) is 5.91. The van der Waals surface area contributed by atoms with Crippen LogP contribution in [0.2, 0.25) is 0 Å². The zero-order chi connectivity index (χ0) is 29.2. The van der Waals surface area contributed by atoms with Gasteiger partial charge in [-0.2, -0.15) is 0 Å². The lowest BCUT2D eigenvalue weighted by Crippen LogP contribution is -3.00. The first-order chi connectivity index (χ1) is 20.5. The van der Waals surface area contributed by atoms with E-state index >= 15 is 0 Å². The van der Waals surface area contributed by atoms with E-state index in [1.165, 1.54) is 41.1 Å². The molecular formula is C34H44ClN3O4S. The number of unbranched alkanes of at least 4 members (excludes halogenated alkanes) is 5. The van der Waals surface area contributed by atoms with Gasteiger partial charge in [0.2, 0.25) is 12.3 Å². The Morgan fingerprint density at radius 2 is 1.79 bits per heavy atom. The van der Waals surface area contributed by atoms with E-state index in [4.69, 9.17) is 9.47 Å². The van der Waals surface area contributed by atoms with Crippen LogP contribution in [-0.2, 0) is 9.53 Å². The number of pyridine rings is 1. The number of esters is 1. The Balaban J connectivity index is 0.00000423. The Labute approximate surface area is 264 Å². The minimum absolute atomic E-state index is 0. The number of piperazine rings is 1. The van der Waals surface area contributed by atoms with Crippen molar-refractivity contribution < 1.29 is 31.2 Å². The van der Waals surface area contributed by atoms with Crippen molar-refractivity contribution in [3.05, 3.63) is 70.3 Å². The van der Waals surface area contributed by atoms with Gasteiger partial charge in [0.05, 0.1) is 44.8 Å². The molecule has 4 aromatic rings. The van der Waals surface area contributed by atoms with Crippen LogP contribution in [-0.4, -0.2) is 61.5 Å². The molecule has 1 saturated heterocycles. The molecular weight excluding hydrogens is 582 g/mol. The smallest absolute Gasteiger partial charge is 0.310 e. The number of benzene rings is 2. The van der Waals surface area contributed by atoms with Gasteiger partial charge in [0.1, 0.15) is 5.75 Å². The number of ether oxygens (including phenoxy) is 2. The molecule has 1 N–H and O–H groups in total. The van der Waals surface area contributed by atoms with E-state index < -0.39 is 0 Å². The topological polar surface area (TPSA) is 71.6 Å². The van der Waals surface area contributed by atoms with Crippen molar-refractivity contribution >= 4 is 44.0 Å². The minimum atomic E-state index is -0.113. The SMILES string of the molecule is CCCCCCCC(=O)OC[N+]1(CCCCOc2ccc3ccc(=O)[nH]c3c2)CCN(c2cccc3sccc23)CC1.[Cl-]. The maximum absolute atomic E-state index is 12.6. The van der Waals surface area contributed by atoms with Crippen molar-refractivity contribution in [3.8, 4) is 5.75 Å². The number of anilines is 1. The lowest BCUT2D eigenvalue weighted by molar-refractivity contribution is -0.944. The lowest BCUT2D eigenvalue weighted by atomic mass is 10.1. The molecule has 0 bridgehead atoms. The van der Waals surface area contributed by atoms with Crippen LogP contribution in [0.15, 0.2) is 64.8 Å². The number of hydrogen-bond donors (Lipinski definition) is 1. The number of carbonyl (C=O) groups is 1. The van der Waals surface area contributed by atoms with Crippen LogP contribution in [0.25, 0.3) is 21.0 Å². The standard InChI is InChI=1S/C34H43N3O4S.ClH/c1-2-3-4-5-6-12-34(39)41-26-37(21-18-36(19-22-37)31-10-9-11-32-29(31)17-24-42-32)20-7-8-23-40-28-15-13-27-14-16-33(38)35-30(27)25-28;/h9-11,13-17,24-25H,2-8,12,18-23,26H2,1H3;1H. The van der Waals surface area contributed by atoms with Crippen LogP contribution in [0.4, 0.5) is 5.69 Å². The fourth-order valence-corrected chi connectivity index (χ4v) is 6.72. The van der Waals surface area contributed by atoms with Crippen molar-refractivity contribution in [2.75, 3.05) is 51.0 Å². The van der Waals surface area contributed by atoms with Crippen LogP contribution >= 0.6 is 11.3 Å². The summed E-state index contributed by atoms with van der Waals surface area (Å²) >= 11 is 1.79. The van der Waals surface area contributed by atoms with Gasteiger partial charge in [0.15, 0.2) is 0 Å². The molecule has 0 unspecified atom stereocenters. The molecule has 232 valence electrons. The zero-order valence-electron chi connectivity index (χ0n) is 25.2. The van der Waals surface area contributed by atoms with Gasteiger partial charge in [0, 0.05) is 34.3 Å². The first kappa shape index (κ1) is 32.8. The molecule has 0 aliphatic carbocycles. The number of quaternary nitrogens is 1. The predicted octanol–water partition coefficient (Wildman–Crippen LogP) is 4.10. The summed E-state index contributed by atoms with van der Waals surface area (Å²) in [4.78, 5) is 29.7. The summed E-state index contributed by atoms with van der Waals surface area (Å²) in [6.07, 6.45) is 8.05. The van der Waals surface area contributed by atoms with Crippen molar-refractivity contribution in [1.82, 2.24) is 4.98 Å². The molecule has 1 aliphatic heterocycles. The average molecular weight is 626 g/mol. The van der Waals surface area contributed by atoms with Crippen LogP contribution < -0.4 is 27.6 Å². The highest BCUT2D eigenvalue weighted by Crippen LogP contribution is 2.32. The molecule has 3 heterocycles. The maximum Gasteiger partial charge on any atom is 0.310 e. The Bertz CT molecular complexity index is 1510. The second-order valence-electron chi connectivity index (χ2n) is 11.5. The average Bonchev–Trinajstić information content (AvgIpc) is 3.49. The second-order valence-corrected chi connectivity index (χ2v) is 12.5. The van der Waals surface area contributed by atoms with Gasteiger partial charge < -0.3 is 31.8 Å². The highest BCUT2D eigenvalue weighted by atomic mass is 35.5. The molecule has 2 aromatic heterocycles. The molecule has 9 heteroatoms. The van der Waals surface area contributed by atoms with Crippen molar-refractivity contribution in [1.29, 1.82) is 0 Å². The quantitative estimate of drug-likeness (QED) is 0.122. The summed E-state index contributed by atoms with van der Waals surface area (Å²) in [5.41, 5.74) is 1.98. The molecule has 1 fully saturated rings. The van der Waals surface area contributed by atoms with Crippen LogP contribution in [0.1, 0.15) is 58.3 Å². The predicted molar refractivity (Wildman–Crippen MR) is 173 cm³/mol. The number of nitrogens with zero attached hydrogens (tertiary/aromatic N) is 2. The zero-order valence-corrected chi connectivity index (χ0v) is 26.8. The summed E-state index contributed by atoms with van der Waals surface area (Å²) < 4.78 is 14.1. The normalized spacial score (nSPS) is 14.5. The molecule has 0 amide bonds. The number of fused-ring (bicyclic) bond motifs is 2. The van der Waals surface area contributed by atoms with Crippen LogP contribution in [0, 0.1) is 0 Å². The summed E-state index contributed by atoms with van der Waals surface area (Å²) in [5, 5.41) is 4.48. The number of aromatic amines is 1. The summed E-state index contributed by atoms with van der Waals surface area (Å²) in [5.74, 6) is 0.699. The first-order valence-electron chi connectivity index (χ1n) is 15.5. The van der Waals surface area contributed by atoms with E-state index in [9.17, 15) is 9.59 Å². The molecule has 0 saturated carbocycles.